The van der Waals surface area contributed by atoms with Crippen LogP contribution in [0.4, 0.5) is 4.39 Å². The van der Waals surface area contributed by atoms with E-state index < -0.39 is 5.82 Å². The zero-order valence-corrected chi connectivity index (χ0v) is 14.9. The minimum atomic E-state index is -0.449. The number of rotatable bonds is 5. The molecule has 0 amide bonds. The summed E-state index contributed by atoms with van der Waals surface area (Å²) in [6.45, 7) is 3.76. The lowest BCUT2D eigenvalue weighted by Crippen LogP contribution is -2.25. The molecule has 2 nitrogen and oxygen atoms in total. The Hall–Kier alpha value is -1.87. The van der Waals surface area contributed by atoms with Crippen LogP contribution in [0.5, 0.6) is 5.75 Å². The van der Waals surface area contributed by atoms with Gasteiger partial charge in [-0.15, -0.1) is 6.58 Å². The maximum atomic E-state index is 14.0. The van der Waals surface area contributed by atoms with Crippen molar-refractivity contribution in [2.75, 3.05) is 0 Å². The minimum absolute atomic E-state index is 0.0439. The van der Waals surface area contributed by atoms with Crippen LogP contribution in [-0.2, 0) is 4.79 Å². The summed E-state index contributed by atoms with van der Waals surface area (Å²) < 4.78 is 19.5. The maximum Gasteiger partial charge on any atom is 0.314 e. The van der Waals surface area contributed by atoms with Gasteiger partial charge in [-0.05, 0) is 74.1 Å². The number of allylic oxidation sites excluding steroid dienone is 1. The van der Waals surface area contributed by atoms with Gasteiger partial charge in [-0.25, -0.2) is 4.39 Å². The second-order valence-corrected chi connectivity index (χ2v) is 7.16. The SMILES string of the molecule is C=CCCC1CCC(C(=O)Oc2ccc3c(F)c(Cl)ccc3c2)CC1. The van der Waals surface area contributed by atoms with E-state index in [-0.39, 0.29) is 16.9 Å². The lowest BCUT2D eigenvalue weighted by Gasteiger charge is -2.26. The van der Waals surface area contributed by atoms with Crippen molar-refractivity contribution in [2.24, 2.45) is 11.8 Å². The summed E-state index contributed by atoms with van der Waals surface area (Å²) in [5, 5.41) is 1.18. The molecule has 0 spiro atoms. The summed E-state index contributed by atoms with van der Waals surface area (Å²) in [6, 6.07) is 8.14. The Kier molecular flexibility index (Phi) is 5.74. The molecule has 2 aromatic carbocycles. The van der Waals surface area contributed by atoms with Crippen LogP contribution in [-0.4, -0.2) is 5.97 Å². The third-order valence-electron chi connectivity index (χ3n) is 5.06. The van der Waals surface area contributed by atoms with Crippen LogP contribution in [0.3, 0.4) is 0 Å². The predicted octanol–water partition coefficient (Wildman–Crippen LogP) is 6.31. The zero-order valence-electron chi connectivity index (χ0n) is 14.1. The molecule has 4 heteroatoms. The summed E-state index contributed by atoms with van der Waals surface area (Å²) in [6.07, 6.45) is 8.03. The van der Waals surface area contributed by atoms with Crippen LogP contribution in [0.2, 0.25) is 5.02 Å². The van der Waals surface area contributed by atoms with Crippen LogP contribution >= 0.6 is 11.6 Å². The van der Waals surface area contributed by atoms with Crippen LogP contribution < -0.4 is 4.74 Å². The van der Waals surface area contributed by atoms with Gasteiger partial charge in [-0.1, -0.05) is 23.7 Å². The van der Waals surface area contributed by atoms with Crippen molar-refractivity contribution in [3.8, 4) is 5.75 Å². The van der Waals surface area contributed by atoms with E-state index in [1.54, 1.807) is 24.3 Å². The molecule has 0 N–H and O–H groups in total. The first-order chi connectivity index (χ1) is 12.1. The first-order valence-electron chi connectivity index (χ1n) is 8.79. The van der Waals surface area contributed by atoms with Crippen LogP contribution in [0, 0.1) is 17.7 Å². The Morgan fingerprint density at radius 3 is 2.72 bits per heavy atom. The van der Waals surface area contributed by atoms with Crippen LogP contribution in [0.25, 0.3) is 10.8 Å². The Labute approximate surface area is 152 Å². The molecule has 1 fully saturated rings. The lowest BCUT2D eigenvalue weighted by atomic mass is 9.80. The van der Waals surface area contributed by atoms with Gasteiger partial charge in [0.1, 0.15) is 11.6 Å². The number of carbonyl (C=O) groups is 1. The van der Waals surface area contributed by atoms with E-state index >= 15 is 0 Å². The zero-order chi connectivity index (χ0) is 17.8. The molecule has 0 aromatic heterocycles. The fourth-order valence-electron chi connectivity index (χ4n) is 3.55. The van der Waals surface area contributed by atoms with E-state index in [1.165, 1.54) is 6.07 Å². The van der Waals surface area contributed by atoms with E-state index in [2.05, 4.69) is 6.58 Å². The predicted molar refractivity (Wildman–Crippen MR) is 99.4 cm³/mol. The number of ether oxygens (including phenoxy) is 1. The number of fused-ring (bicyclic) bond motifs is 1. The monoisotopic (exact) mass is 360 g/mol. The van der Waals surface area contributed by atoms with Gasteiger partial charge in [0, 0.05) is 5.39 Å². The smallest absolute Gasteiger partial charge is 0.314 e. The van der Waals surface area contributed by atoms with E-state index in [9.17, 15) is 9.18 Å². The molecule has 132 valence electrons. The molecular weight excluding hydrogens is 339 g/mol. The van der Waals surface area contributed by atoms with Gasteiger partial charge >= 0.3 is 5.97 Å². The highest BCUT2D eigenvalue weighted by molar-refractivity contribution is 6.31. The molecular formula is C21H22ClFO2. The number of hydrogen-bond acceptors (Lipinski definition) is 2. The van der Waals surface area contributed by atoms with Crippen LogP contribution in [0.15, 0.2) is 43.0 Å². The molecule has 0 unspecified atom stereocenters. The van der Waals surface area contributed by atoms with Crippen molar-refractivity contribution < 1.29 is 13.9 Å². The first-order valence-corrected chi connectivity index (χ1v) is 9.16. The van der Waals surface area contributed by atoms with Crippen molar-refractivity contribution in [2.45, 2.75) is 38.5 Å². The Morgan fingerprint density at radius 1 is 1.24 bits per heavy atom. The van der Waals surface area contributed by atoms with Gasteiger partial charge in [0.05, 0.1) is 10.9 Å². The van der Waals surface area contributed by atoms with Gasteiger partial charge in [-0.2, -0.15) is 0 Å². The van der Waals surface area contributed by atoms with Gasteiger partial charge < -0.3 is 4.74 Å². The van der Waals surface area contributed by atoms with Gasteiger partial charge in [0.25, 0.3) is 0 Å². The Balaban J connectivity index is 1.63. The Bertz CT molecular complexity index is 779. The summed E-state index contributed by atoms with van der Waals surface area (Å²) in [7, 11) is 0. The fraction of sp³-hybridized carbons (Fsp3) is 0.381. The summed E-state index contributed by atoms with van der Waals surface area (Å²) in [5.41, 5.74) is 0. The number of halogens is 2. The molecule has 1 aliphatic rings. The van der Waals surface area contributed by atoms with Crippen molar-refractivity contribution in [1.29, 1.82) is 0 Å². The van der Waals surface area contributed by atoms with E-state index in [1.807, 2.05) is 6.08 Å². The highest BCUT2D eigenvalue weighted by Crippen LogP contribution is 2.33. The molecule has 0 atom stereocenters. The number of benzene rings is 2. The van der Waals surface area contributed by atoms with Gasteiger partial charge in [0.2, 0.25) is 0 Å². The highest BCUT2D eigenvalue weighted by Gasteiger charge is 2.27. The summed E-state index contributed by atoms with van der Waals surface area (Å²) >= 11 is 5.79. The molecule has 0 radical (unpaired) electrons. The quantitative estimate of drug-likeness (QED) is 0.355. The van der Waals surface area contributed by atoms with Crippen molar-refractivity contribution >= 4 is 28.3 Å². The molecule has 0 heterocycles. The lowest BCUT2D eigenvalue weighted by molar-refractivity contribution is -0.140. The summed E-state index contributed by atoms with van der Waals surface area (Å²) in [5.74, 6) is 0.465. The molecule has 25 heavy (non-hydrogen) atoms. The van der Waals surface area contributed by atoms with Gasteiger partial charge in [0.15, 0.2) is 0 Å². The second kappa shape index (κ2) is 8.01. The number of carbonyl (C=O) groups excluding carboxylic acids is 1. The van der Waals surface area contributed by atoms with Crippen molar-refractivity contribution in [3.63, 3.8) is 0 Å². The van der Waals surface area contributed by atoms with Crippen molar-refractivity contribution in [3.05, 3.63) is 53.8 Å². The number of esters is 1. The highest BCUT2D eigenvalue weighted by atomic mass is 35.5. The molecule has 0 bridgehead atoms. The first kappa shape index (κ1) is 17.9. The molecule has 2 aromatic rings. The van der Waals surface area contributed by atoms with E-state index in [0.717, 1.165) is 38.5 Å². The standard InChI is InChI=1S/C21H22ClFO2/c1-2-3-4-14-5-7-15(8-6-14)21(24)25-17-10-11-18-16(13-17)9-12-19(22)20(18)23/h2,9-15H,1,3-8H2. The fourth-order valence-corrected chi connectivity index (χ4v) is 3.71. The van der Waals surface area contributed by atoms with E-state index in [4.69, 9.17) is 16.3 Å². The molecule has 0 saturated heterocycles. The second-order valence-electron chi connectivity index (χ2n) is 6.75. The number of hydrogen-bond donors (Lipinski definition) is 0. The summed E-state index contributed by atoms with van der Waals surface area (Å²) in [4.78, 5) is 12.4. The minimum Gasteiger partial charge on any atom is -0.426 e. The normalized spacial score (nSPS) is 20.4. The molecule has 1 aliphatic carbocycles. The Morgan fingerprint density at radius 2 is 2.00 bits per heavy atom. The molecule has 3 rings (SSSR count). The topological polar surface area (TPSA) is 26.3 Å². The molecule has 0 aliphatic heterocycles. The maximum absolute atomic E-state index is 14.0. The van der Waals surface area contributed by atoms with Crippen LogP contribution in [0.1, 0.15) is 38.5 Å². The van der Waals surface area contributed by atoms with E-state index in [0.29, 0.717) is 22.4 Å². The van der Waals surface area contributed by atoms with Gasteiger partial charge in [-0.3, -0.25) is 4.79 Å². The average molecular weight is 361 g/mol. The molecule has 1 saturated carbocycles. The third kappa shape index (κ3) is 4.21. The largest absolute Gasteiger partial charge is 0.426 e. The average Bonchev–Trinajstić information content (AvgIpc) is 2.63. The van der Waals surface area contributed by atoms with Crippen molar-refractivity contribution in [1.82, 2.24) is 0 Å². The third-order valence-corrected chi connectivity index (χ3v) is 5.35.